The summed E-state index contributed by atoms with van der Waals surface area (Å²) < 4.78 is 13.4. The molecule has 0 radical (unpaired) electrons. The van der Waals surface area contributed by atoms with Crippen molar-refractivity contribution >= 4 is 0 Å². The molecule has 0 aliphatic carbocycles. The summed E-state index contributed by atoms with van der Waals surface area (Å²) in [7, 11) is 1.93. The highest BCUT2D eigenvalue weighted by atomic mass is 16.6. The first-order valence-corrected chi connectivity index (χ1v) is 8.97. The van der Waals surface area contributed by atoms with Gasteiger partial charge in [0.15, 0.2) is 11.5 Å². The van der Waals surface area contributed by atoms with Crippen molar-refractivity contribution in [1.82, 2.24) is 14.5 Å². The van der Waals surface area contributed by atoms with Crippen LogP contribution >= 0.6 is 0 Å². The first-order chi connectivity index (χ1) is 12.2. The third-order valence-electron chi connectivity index (χ3n) is 5.24. The Bertz CT molecular complexity index is 722. The first-order valence-electron chi connectivity index (χ1n) is 8.97. The standard InChI is InChI=1S/C19H25N3O3/c1-21-10-7-20-19(21)17(23)14-5-8-22(9-6-14)13-15-3-2-4-16-18(15)25-12-11-24-16/h2-4,7,10,14,17,23H,5-6,8-9,11-13H2,1H3/t17-/m1/s1. The SMILES string of the molecule is Cn1ccnc1[C@H](O)C1CCN(Cc2cccc3c2OCCO3)CC1. The molecule has 1 atom stereocenters. The van der Waals surface area contributed by atoms with Gasteiger partial charge in [-0.25, -0.2) is 4.98 Å². The molecule has 134 valence electrons. The molecule has 25 heavy (non-hydrogen) atoms. The molecule has 1 fully saturated rings. The van der Waals surface area contributed by atoms with Gasteiger partial charge in [-0.15, -0.1) is 0 Å². The van der Waals surface area contributed by atoms with E-state index in [1.807, 2.05) is 29.9 Å². The third-order valence-corrected chi connectivity index (χ3v) is 5.24. The number of piperidine rings is 1. The molecule has 3 heterocycles. The van der Waals surface area contributed by atoms with E-state index < -0.39 is 6.10 Å². The van der Waals surface area contributed by atoms with Crippen molar-refractivity contribution in [3.8, 4) is 11.5 Å². The van der Waals surface area contributed by atoms with Crippen LogP contribution in [0.1, 0.15) is 30.3 Å². The number of aromatic nitrogens is 2. The van der Waals surface area contributed by atoms with Gasteiger partial charge in [0.05, 0.1) is 0 Å². The van der Waals surface area contributed by atoms with Crippen LogP contribution in [0.4, 0.5) is 0 Å². The fourth-order valence-corrected chi connectivity index (χ4v) is 3.80. The molecule has 2 aliphatic heterocycles. The average Bonchev–Trinajstić information content (AvgIpc) is 3.08. The fraction of sp³-hybridized carbons (Fsp3) is 0.526. The van der Waals surface area contributed by atoms with Crippen LogP contribution in [-0.2, 0) is 13.6 Å². The minimum absolute atomic E-state index is 0.265. The summed E-state index contributed by atoms with van der Waals surface area (Å²) in [6.07, 6.45) is 5.09. The molecule has 0 saturated carbocycles. The Kier molecular flexibility index (Phi) is 4.63. The van der Waals surface area contributed by atoms with E-state index in [0.717, 1.165) is 49.8 Å². The van der Waals surface area contributed by atoms with Gasteiger partial charge in [0, 0.05) is 31.5 Å². The smallest absolute Gasteiger partial charge is 0.165 e. The normalized spacial score (nSPS) is 19.8. The number of rotatable bonds is 4. The number of para-hydroxylation sites is 1. The second-order valence-electron chi connectivity index (χ2n) is 6.90. The van der Waals surface area contributed by atoms with E-state index in [4.69, 9.17) is 9.47 Å². The predicted molar refractivity (Wildman–Crippen MR) is 93.6 cm³/mol. The quantitative estimate of drug-likeness (QED) is 0.922. The van der Waals surface area contributed by atoms with Crippen LogP contribution in [0.3, 0.4) is 0 Å². The molecule has 0 bridgehead atoms. The maximum Gasteiger partial charge on any atom is 0.165 e. The van der Waals surface area contributed by atoms with Gasteiger partial charge in [0.2, 0.25) is 0 Å². The van der Waals surface area contributed by atoms with Gasteiger partial charge in [0.25, 0.3) is 0 Å². The second-order valence-corrected chi connectivity index (χ2v) is 6.90. The predicted octanol–water partition coefficient (Wildman–Crippen LogP) is 2.14. The van der Waals surface area contributed by atoms with E-state index in [2.05, 4.69) is 16.0 Å². The van der Waals surface area contributed by atoms with E-state index in [0.29, 0.717) is 13.2 Å². The lowest BCUT2D eigenvalue weighted by molar-refractivity contribution is 0.0487. The molecule has 0 unspecified atom stereocenters. The lowest BCUT2D eigenvalue weighted by Crippen LogP contribution is -2.35. The van der Waals surface area contributed by atoms with E-state index in [1.54, 1.807) is 6.20 Å². The van der Waals surface area contributed by atoms with E-state index >= 15 is 0 Å². The van der Waals surface area contributed by atoms with Crippen LogP contribution in [-0.4, -0.2) is 45.9 Å². The van der Waals surface area contributed by atoms with Gasteiger partial charge < -0.3 is 19.1 Å². The minimum Gasteiger partial charge on any atom is -0.486 e. The van der Waals surface area contributed by atoms with Crippen molar-refractivity contribution in [2.75, 3.05) is 26.3 Å². The minimum atomic E-state index is -0.483. The van der Waals surface area contributed by atoms with Crippen LogP contribution < -0.4 is 9.47 Å². The molecule has 0 spiro atoms. The fourth-order valence-electron chi connectivity index (χ4n) is 3.80. The molecule has 4 rings (SSSR count). The third kappa shape index (κ3) is 3.37. The molecule has 2 aliphatic rings. The van der Waals surface area contributed by atoms with E-state index in [-0.39, 0.29) is 5.92 Å². The molecule has 0 amide bonds. The van der Waals surface area contributed by atoms with Crippen molar-refractivity contribution in [3.05, 3.63) is 42.0 Å². The summed E-state index contributed by atoms with van der Waals surface area (Å²) in [5.74, 6) is 2.77. The van der Waals surface area contributed by atoms with Crippen LogP contribution in [0.2, 0.25) is 0 Å². The lowest BCUT2D eigenvalue weighted by atomic mass is 9.90. The summed E-state index contributed by atoms with van der Waals surface area (Å²) in [5.41, 5.74) is 1.18. The van der Waals surface area contributed by atoms with Crippen molar-refractivity contribution < 1.29 is 14.6 Å². The topological polar surface area (TPSA) is 59.8 Å². The Hall–Kier alpha value is -2.05. The number of likely N-dealkylation sites (tertiary alicyclic amines) is 1. The van der Waals surface area contributed by atoms with Gasteiger partial charge in [-0.1, -0.05) is 12.1 Å². The maximum absolute atomic E-state index is 10.6. The van der Waals surface area contributed by atoms with Gasteiger partial charge in [-0.05, 0) is 37.9 Å². The molecule has 1 N–H and O–H groups in total. The highest BCUT2D eigenvalue weighted by Crippen LogP contribution is 2.35. The Balaban J connectivity index is 1.37. The molecule has 1 aromatic carbocycles. The van der Waals surface area contributed by atoms with E-state index in [1.165, 1.54) is 5.56 Å². The molecular weight excluding hydrogens is 318 g/mol. The number of hydrogen-bond acceptors (Lipinski definition) is 5. The van der Waals surface area contributed by atoms with Gasteiger partial charge >= 0.3 is 0 Å². The molecule has 6 nitrogen and oxygen atoms in total. The lowest BCUT2D eigenvalue weighted by Gasteiger charge is -2.34. The number of hydrogen-bond donors (Lipinski definition) is 1. The van der Waals surface area contributed by atoms with Crippen molar-refractivity contribution in [2.24, 2.45) is 13.0 Å². The number of benzene rings is 1. The highest BCUT2D eigenvalue weighted by Gasteiger charge is 2.29. The maximum atomic E-state index is 10.6. The van der Waals surface area contributed by atoms with Crippen LogP contribution in [0, 0.1) is 5.92 Å². The number of nitrogens with zero attached hydrogens (tertiary/aromatic N) is 3. The summed E-state index contributed by atoms with van der Waals surface area (Å²) in [5, 5.41) is 10.6. The summed E-state index contributed by atoms with van der Waals surface area (Å²) in [6, 6.07) is 6.11. The molecule has 2 aromatic rings. The summed E-state index contributed by atoms with van der Waals surface area (Å²) in [6.45, 7) is 4.03. The molecular formula is C19H25N3O3. The Morgan fingerprint density at radius 1 is 1.24 bits per heavy atom. The number of ether oxygens (including phenoxy) is 2. The van der Waals surface area contributed by atoms with Crippen LogP contribution in [0.15, 0.2) is 30.6 Å². The summed E-state index contributed by atoms with van der Waals surface area (Å²) >= 11 is 0. The van der Waals surface area contributed by atoms with Crippen LogP contribution in [0.5, 0.6) is 11.5 Å². The monoisotopic (exact) mass is 343 g/mol. The zero-order chi connectivity index (χ0) is 17.2. The number of aliphatic hydroxyl groups is 1. The molecule has 1 aromatic heterocycles. The largest absolute Gasteiger partial charge is 0.486 e. The Morgan fingerprint density at radius 2 is 2.04 bits per heavy atom. The van der Waals surface area contributed by atoms with E-state index in [9.17, 15) is 5.11 Å². The summed E-state index contributed by atoms with van der Waals surface area (Å²) in [4.78, 5) is 6.72. The molecule has 1 saturated heterocycles. The number of aliphatic hydroxyl groups excluding tert-OH is 1. The Labute approximate surface area is 148 Å². The van der Waals surface area contributed by atoms with Gasteiger partial charge in [-0.3, -0.25) is 4.90 Å². The number of fused-ring (bicyclic) bond motifs is 1. The highest BCUT2D eigenvalue weighted by molar-refractivity contribution is 5.47. The van der Waals surface area contributed by atoms with Gasteiger partial charge in [0.1, 0.15) is 25.1 Å². The molecule has 6 heteroatoms. The first kappa shape index (κ1) is 16.4. The average molecular weight is 343 g/mol. The number of aryl methyl sites for hydroxylation is 1. The second kappa shape index (κ2) is 7.06. The van der Waals surface area contributed by atoms with Crippen molar-refractivity contribution in [1.29, 1.82) is 0 Å². The zero-order valence-corrected chi connectivity index (χ0v) is 14.6. The van der Waals surface area contributed by atoms with Crippen molar-refractivity contribution in [3.63, 3.8) is 0 Å². The van der Waals surface area contributed by atoms with Crippen molar-refractivity contribution in [2.45, 2.75) is 25.5 Å². The zero-order valence-electron chi connectivity index (χ0n) is 14.6. The number of imidazole rings is 1. The van der Waals surface area contributed by atoms with Gasteiger partial charge in [-0.2, -0.15) is 0 Å². The Morgan fingerprint density at radius 3 is 2.80 bits per heavy atom. The van der Waals surface area contributed by atoms with Crippen LogP contribution in [0.25, 0.3) is 0 Å².